The zero-order valence-corrected chi connectivity index (χ0v) is 10.3. The van der Waals surface area contributed by atoms with Crippen LogP contribution in [0, 0.1) is 0 Å². The molecule has 2 nitrogen and oxygen atoms in total. The topological polar surface area (TPSA) is 37.3 Å². The average molecular weight is 220 g/mol. The number of hydrogen-bond acceptors (Lipinski definition) is 2. The van der Waals surface area contributed by atoms with Crippen LogP contribution < -0.4 is 0 Å². The summed E-state index contributed by atoms with van der Waals surface area (Å²) in [5, 5.41) is 8.61. The molecule has 0 radical (unpaired) electrons. The fraction of sp³-hybridized carbons (Fsp3) is 0.500. The number of hydrogen-bond donors (Lipinski definition) is 1. The number of Topliss-reactive ketones (excluding diaryl/α,β-unsaturated/α-hetero) is 1. The van der Waals surface area contributed by atoms with Gasteiger partial charge in [0.05, 0.1) is 0 Å². The minimum atomic E-state index is -0.347. The van der Waals surface area contributed by atoms with Crippen LogP contribution in [-0.4, -0.2) is 17.5 Å². The number of aryl methyl sites for hydroxylation is 1. The smallest absolute Gasteiger partial charge is 0.158 e. The lowest BCUT2D eigenvalue weighted by atomic mass is 9.86. The van der Waals surface area contributed by atoms with E-state index in [-0.39, 0.29) is 17.8 Å². The van der Waals surface area contributed by atoms with Gasteiger partial charge in [-0.2, -0.15) is 0 Å². The van der Waals surface area contributed by atoms with Gasteiger partial charge in [0.1, 0.15) is 6.61 Å². The minimum Gasteiger partial charge on any atom is -0.389 e. The lowest BCUT2D eigenvalue weighted by molar-refractivity contribution is -0.121. The van der Waals surface area contributed by atoms with E-state index < -0.39 is 0 Å². The Labute approximate surface area is 97.3 Å². The first kappa shape index (κ1) is 12.9. The molecule has 0 amide bonds. The normalized spacial score (nSPS) is 11.5. The van der Waals surface area contributed by atoms with E-state index in [2.05, 4.69) is 45.0 Å². The van der Waals surface area contributed by atoms with Crippen LogP contribution >= 0.6 is 0 Å². The Hall–Kier alpha value is -1.15. The Morgan fingerprint density at radius 2 is 1.75 bits per heavy atom. The molecule has 1 rings (SSSR count). The molecule has 1 N–H and O–H groups in total. The Balaban J connectivity index is 2.62. The molecule has 1 aromatic rings. The molecule has 0 aliphatic heterocycles. The number of carbonyl (C=O) groups excluding carboxylic acids is 1. The van der Waals surface area contributed by atoms with Gasteiger partial charge in [0.2, 0.25) is 0 Å². The summed E-state index contributed by atoms with van der Waals surface area (Å²) in [5.41, 5.74) is 2.61. The van der Waals surface area contributed by atoms with Gasteiger partial charge < -0.3 is 5.11 Å². The standard InChI is InChI=1S/C14H20O2/c1-14(2,3)12-7-4-11(5-8-12)6-9-13(16)10-15/h4-5,7-8,15H,6,9-10H2,1-3H3. The Bertz CT molecular complexity index is 344. The van der Waals surface area contributed by atoms with Crippen molar-refractivity contribution >= 4 is 5.78 Å². The molecule has 0 saturated heterocycles. The molecule has 0 bridgehead atoms. The van der Waals surface area contributed by atoms with E-state index in [0.29, 0.717) is 12.8 Å². The summed E-state index contributed by atoms with van der Waals surface area (Å²) >= 11 is 0. The summed E-state index contributed by atoms with van der Waals surface area (Å²) in [6, 6.07) is 8.34. The highest BCUT2D eigenvalue weighted by molar-refractivity contribution is 5.79. The highest BCUT2D eigenvalue weighted by Gasteiger charge is 2.12. The third-order valence-electron chi connectivity index (χ3n) is 2.69. The number of carbonyl (C=O) groups is 1. The summed E-state index contributed by atoms with van der Waals surface area (Å²) < 4.78 is 0. The molecule has 0 aliphatic rings. The molecule has 1 aromatic carbocycles. The lowest BCUT2D eigenvalue weighted by Crippen LogP contribution is -2.11. The fourth-order valence-electron chi connectivity index (χ4n) is 1.53. The van der Waals surface area contributed by atoms with E-state index >= 15 is 0 Å². The van der Waals surface area contributed by atoms with Gasteiger partial charge in [-0.3, -0.25) is 4.79 Å². The van der Waals surface area contributed by atoms with Gasteiger partial charge in [0, 0.05) is 6.42 Å². The second-order valence-corrected chi connectivity index (χ2v) is 5.14. The van der Waals surface area contributed by atoms with Crippen molar-refractivity contribution in [3.63, 3.8) is 0 Å². The second kappa shape index (κ2) is 5.26. The molecule has 2 heteroatoms. The van der Waals surface area contributed by atoms with E-state index in [0.717, 1.165) is 5.56 Å². The second-order valence-electron chi connectivity index (χ2n) is 5.14. The van der Waals surface area contributed by atoms with Crippen molar-refractivity contribution in [3.8, 4) is 0 Å². The average Bonchev–Trinajstić information content (AvgIpc) is 2.25. The van der Waals surface area contributed by atoms with E-state index in [9.17, 15) is 4.79 Å². The maximum atomic E-state index is 11.0. The predicted octanol–water partition coefficient (Wildman–Crippen LogP) is 2.48. The molecule has 0 fully saturated rings. The predicted molar refractivity (Wildman–Crippen MR) is 65.6 cm³/mol. The SMILES string of the molecule is CC(C)(C)c1ccc(CCC(=O)CO)cc1. The maximum Gasteiger partial charge on any atom is 0.158 e. The van der Waals surface area contributed by atoms with E-state index in [1.54, 1.807) is 0 Å². The third kappa shape index (κ3) is 3.78. The molecule has 0 aromatic heterocycles. The monoisotopic (exact) mass is 220 g/mol. The Morgan fingerprint density at radius 1 is 1.19 bits per heavy atom. The van der Waals surface area contributed by atoms with Crippen LogP contribution in [-0.2, 0) is 16.6 Å². The molecule has 16 heavy (non-hydrogen) atoms. The first-order valence-corrected chi connectivity index (χ1v) is 5.65. The van der Waals surface area contributed by atoms with E-state index in [1.807, 2.05) is 0 Å². The molecule has 0 aliphatic carbocycles. The van der Waals surface area contributed by atoms with Crippen molar-refractivity contribution in [1.29, 1.82) is 0 Å². The molecule has 0 heterocycles. The number of aliphatic hydroxyl groups is 1. The number of benzene rings is 1. The first-order valence-electron chi connectivity index (χ1n) is 5.65. The van der Waals surface area contributed by atoms with Gasteiger partial charge in [0.25, 0.3) is 0 Å². The van der Waals surface area contributed by atoms with Gasteiger partial charge in [-0.25, -0.2) is 0 Å². The van der Waals surface area contributed by atoms with Crippen molar-refractivity contribution < 1.29 is 9.90 Å². The summed E-state index contributed by atoms with van der Waals surface area (Å²) in [4.78, 5) is 11.0. The van der Waals surface area contributed by atoms with E-state index in [4.69, 9.17) is 5.11 Å². The molecule has 0 spiro atoms. The maximum absolute atomic E-state index is 11.0. The highest BCUT2D eigenvalue weighted by atomic mass is 16.3. The fourth-order valence-corrected chi connectivity index (χ4v) is 1.53. The third-order valence-corrected chi connectivity index (χ3v) is 2.69. The zero-order valence-electron chi connectivity index (χ0n) is 10.3. The van der Waals surface area contributed by atoms with Gasteiger partial charge in [0.15, 0.2) is 5.78 Å². The van der Waals surface area contributed by atoms with Crippen LogP contribution in [0.15, 0.2) is 24.3 Å². The number of rotatable bonds is 4. The summed E-state index contributed by atoms with van der Waals surface area (Å²) in [6.45, 7) is 6.19. The quantitative estimate of drug-likeness (QED) is 0.846. The largest absolute Gasteiger partial charge is 0.389 e. The molecular weight excluding hydrogens is 200 g/mol. The van der Waals surface area contributed by atoms with E-state index in [1.165, 1.54) is 5.56 Å². The molecule has 0 saturated carbocycles. The molecule has 88 valence electrons. The first-order chi connectivity index (χ1) is 7.43. The molecular formula is C14H20O2. The Kier molecular flexibility index (Phi) is 4.25. The van der Waals surface area contributed by atoms with Crippen LogP contribution in [0.3, 0.4) is 0 Å². The van der Waals surface area contributed by atoms with Gasteiger partial charge in [-0.15, -0.1) is 0 Å². The summed E-state index contributed by atoms with van der Waals surface area (Å²) in [6.07, 6.45) is 1.13. The van der Waals surface area contributed by atoms with Crippen LogP contribution in [0.4, 0.5) is 0 Å². The van der Waals surface area contributed by atoms with Crippen LogP contribution in [0.25, 0.3) is 0 Å². The highest BCUT2D eigenvalue weighted by Crippen LogP contribution is 2.22. The van der Waals surface area contributed by atoms with Crippen LogP contribution in [0.5, 0.6) is 0 Å². The van der Waals surface area contributed by atoms with Crippen molar-refractivity contribution in [2.24, 2.45) is 0 Å². The Morgan fingerprint density at radius 3 is 2.19 bits per heavy atom. The molecule has 0 atom stereocenters. The summed E-state index contributed by atoms with van der Waals surface area (Å²) in [7, 11) is 0. The van der Waals surface area contributed by atoms with Crippen molar-refractivity contribution in [1.82, 2.24) is 0 Å². The summed E-state index contributed by atoms with van der Waals surface area (Å²) in [5.74, 6) is -0.0973. The van der Waals surface area contributed by atoms with Crippen molar-refractivity contribution in [2.75, 3.05) is 6.61 Å². The zero-order chi connectivity index (χ0) is 12.2. The number of ketones is 1. The van der Waals surface area contributed by atoms with Gasteiger partial charge >= 0.3 is 0 Å². The molecule has 0 unspecified atom stereocenters. The number of aliphatic hydroxyl groups excluding tert-OH is 1. The van der Waals surface area contributed by atoms with Gasteiger partial charge in [-0.05, 0) is 23.0 Å². The van der Waals surface area contributed by atoms with Gasteiger partial charge in [-0.1, -0.05) is 45.0 Å². The van der Waals surface area contributed by atoms with Crippen molar-refractivity contribution in [3.05, 3.63) is 35.4 Å². The van der Waals surface area contributed by atoms with Crippen molar-refractivity contribution in [2.45, 2.75) is 39.0 Å². The minimum absolute atomic E-state index is 0.0973. The lowest BCUT2D eigenvalue weighted by Gasteiger charge is -2.19. The van der Waals surface area contributed by atoms with Crippen LogP contribution in [0.2, 0.25) is 0 Å². The van der Waals surface area contributed by atoms with Crippen LogP contribution in [0.1, 0.15) is 38.3 Å².